The molecule has 2 aromatic heterocycles. The van der Waals surface area contributed by atoms with Crippen LogP contribution >= 0.6 is 0 Å². The quantitative estimate of drug-likeness (QED) is 0.726. The van der Waals surface area contributed by atoms with E-state index in [4.69, 9.17) is 9.26 Å². The van der Waals surface area contributed by atoms with Crippen LogP contribution in [0.2, 0.25) is 0 Å². The molecule has 3 heterocycles. The highest BCUT2D eigenvalue weighted by Gasteiger charge is 2.55. The Hall–Kier alpha value is -2.27. The summed E-state index contributed by atoms with van der Waals surface area (Å²) in [6, 6.07) is 10.1. The second-order valence-electron chi connectivity index (χ2n) is 6.05. The van der Waals surface area contributed by atoms with Crippen molar-refractivity contribution in [1.82, 2.24) is 15.1 Å². The lowest BCUT2D eigenvalue weighted by molar-refractivity contribution is 0.0886. The van der Waals surface area contributed by atoms with E-state index < -0.39 is 0 Å². The van der Waals surface area contributed by atoms with Gasteiger partial charge in [-0.3, -0.25) is 4.98 Å². The number of ether oxygens (including phenoxy) is 1. The second-order valence-corrected chi connectivity index (χ2v) is 6.05. The SMILES string of the molecule is c1ccc2c(-c3noc(C4C5CCOCC54)n3)nccc2c1. The maximum Gasteiger partial charge on any atom is 0.230 e. The van der Waals surface area contributed by atoms with Crippen molar-refractivity contribution in [3.63, 3.8) is 0 Å². The van der Waals surface area contributed by atoms with Crippen molar-refractivity contribution < 1.29 is 9.26 Å². The molecule has 1 aliphatic heterocycles. The third kappa shape index (κ3) is 1.78. The molecule has 2 aliphatic rings. The Labute approximate surface area is 127 Å². The van der Waals surface area contributed by atoms with Crippen molar-refractivity contribution >= 4 is 10.8 Å². The van der Waals surface area contributed by atoms with Crippen LogP contribution in [0, 0.1) is 11.8 Å². The Kier molecular flexibility index (Phi) is 2.58. The van der Waals surface area contributed by atoms with Crippen LogP contribution in [0.5, 0.6) is 0 Å². The summed E-state index contributed by atoms with van der Waals surface area (Å²) in [5, 5.41) is 6.35. The second kappa shape index (κ2) is 4.61. The van der Waals surface area contributed by atoms with Crippen LogP contribution in [-0.4, -0.2) is 28.3 Å². The normalized spacial score (nSPS) is 26.8. The number of rotatable bonds is 2. The fraction of sp³-hybridized carbons (Fsp3) is 0.353. The van der Waals surface area contributed by atoms with E-state index >= 15 is 0 Å². The molecule has 1 aromatic carbocycles. The molecule has 0 bridgehead atoms. The highest BCUT2D eigenvalue weighted by molar-refractivity contribution is 5.92. The molecule has 1 saturated heterocycles. The molecule has 0 radical (unpaired) electrons. The van der Waals surface area contributed by atoms with Gasteiger partial charge in [0.1, 0.15) is 5.69 Å². The molecule has 3 atom stereocenters. The summed E-state index contributed by atoms with van der Waals surface area (Å²) in [6.45, 7) is 1.67. The molecule has 2 fully saturated rings. The van der Waals surface area contributed by atoms with Crippen molar-refractivity contribution in [2.45, 2.75) is 12.3 Å². The van der Waals surface area contributed by atoms with Gasteiger partial charge in [-0.1, -0.05) is 29.4 Å². The Bertz CT molecular complexity index is 827. The number of hydrogen-bond acceptors (Lipinski definition) is 5. The lowest BCUT2D eigenvalue weighted by Gasteiger charge is -2.07. The molecule has 1 aliphatic carbocycles. The van der Waals surface area contributed by atoms with Crippen LogP contribution < -0.4 is 0 Å². The van der Waals surface area contributed by atoms with Gasteiger partial charge < -0.3 is 9.26 Å². The van der Waals surface area contributed by atoms with Crippen molar-refractivity contribution in [2.75, 3.05) is 13.2 Å². The van der Waals surface area contributed by atoms with Crippen molar-refractivity contribution in [2.24, 2.45) is 11.8 Å². The zero-order valence-electron chi connectivity index (χ0n) is 12.0. The van der Waals surface area contributed by atoms with E-state index in [0.29, 0.717) is 23.6 Å². The molecule has 0 N–H and O–H groups in total. The molecule has 5 nitrogen and oxygen atoms in total. The van der Waals surface area contributed by atoms with E-state index in [-0.39, 0.29) is 0 Å². The average Bonchev–Trinajstić information content (AvgIpc) is 3.11. The average molecular weight is 293 g/mol. The summed E-state index contributed by atoms with van der Waals surface area (Å²) >= 11 is 0. The predicted molar refractivity (Wildman–Crippen MR) is 80.2 cm³/mol. The molecule has 0 amide bonds. The monoisotopic (exact) mass is 293 g/mol. The van der Waals surface area contributed by atoms with E-state index in [1.165, 1.54) is 0 Å². The van der Waals surface area contributed by atoms with Gasteiger partial charge in [0.2, 0.25) is 11.7 Å². The Morgan fingerprint density at radius 2 is 2.05 bits per heavy atom. The molecule has 5 rings (SSSR count). The van der Waals surface area contributed by atoms with E-state index in [1.807, 2.05) is 24.3 Å². The molecule has 3 unspecified atom stereocenters. The largest absolute Gasteiger partial charge is 0.381 e. The lowest BCUT2D eigenvalue weighted by atomic mass is 10.1. The minimum Gasteiger partial charge on any atom is -0.381 e. The zero-order valence-corrected chi connectivity index (χ0v) is 12.0. The van der Waals surface area contributed by atoms with Crippen molar-refractivity contribution in [3.05, 3.63) is 42.4 Å². The Morgan fingerprint density at radius 3 is 2.95 bits per heavy atom. The first-order valence-electron chi connectivity index (χ1n) is 7.67. The minimum absolute atomic E-state index is 0.374. The molecular weight excluding hydrogens is 278 g/mol. The topological polar surface area (TPSA) is 61.0 Å². The maximum absolute atomic E-state index is 5.53. The van der Waals surface area contributed by atoms with E-state index in [9.17, 15) is 0 Å². The first-order chi connectivity index (χ1) is 10.9. The molecule has 3 aromatic rings. The molecule has 110 valence electrons. The first-order valence-corrected chi connectivity index (χ1v) is 7.67. The highest BCUT2D eigenvalue weighted by atomic mass is 16.5. The minimum atomic E-state index is 0.374. The van der Waals surface area contributed by atoms with Gasteiger partial charge in [0.05, 0.1) is 6.61 Å². The number of hydrogen-bond donors (Lipinski definition) is 0. The zero-order chi connectivity index (χ0) is 14.5. The van der Waals surface area contributed by atoms with E-state index in [2.05, 4.69) is 21.2 Å². The van der Waals surface area contributed by atoms with Gasteiger partial charge in [0.15, 0.2) is 0 Å². The van der Waals surface area contributed by atoms with Crippen LogP contribution in [0.15, 0.2) is 41.1 Å². The summed E-state index contributed by atoms with van der Waals surface area (Å²) in [7, 11) is 0. The van der Waals surface area contributed by atoms with Crippen LogP contribution in [-0.2, 0) is 4.74 Å². The summed E-state index contributed by atoms with van der Waals surface area (Å²) in [4.78, 5) is 9.07. The van der Waals surface area contributed by atoms with Gasteiger partial charge in [0, 0.05) is 24.1 Å². The van der Waals surface area contributed by atoms with E-state index in [0.717, 1.165) is 42.0 Å². The molecule has 5 heteroatoms. The number of benzene rings is 1. The fourth-order valence-corrected chi connectivity index (χ4v) is 3.64. The van der Waals surface area contributed by atoms with Gasteiger partial charge in [-0.15, -0.1) is 0 Å². The fourth-order valence-electron chi connectivity index (χ4n) is 3.64. The van der Waals surface area contributed by atoms with Gasteiger partial charge in [-0.05, 0) is 29.7 Å². The number of fused-ring (bicyclic) bond motifs is 2. The molecule has 0 spiro atoms. The van der Waals surface area contributed by atoms with Crippen molar-refractivity contribution in [1.29, 1.82) is 0 Å². The summed E-state index contributed by atoms with van der Waals surface area (Å²) in [6.07, 6.45) is 2.89. The number of nitrogens with zero attached hydrogens (tertiary/aromatic N) is 3. The lowest BCUT2D eigenvalue weighted by Crippen LogP contribution is -2.06. The van der Waals surface area contributed by atoms with Gasteiger partial charge in [-0.2, -0.15) is 4.98 Å². The van der Waals surface area contributed by atoms with Gasteiger partial charge >= 0.3 is 0 Å². The Morgan fingerprint density at radius 1 is 1.09 bits per heavy atom. The van der Waals surface area contributed by atoms with Gasteiger partial charge in [-0.25, -0.2) is 0 Å². The van der Waals surface area contributed by atoms with Crippen LogP contribution in [0.1, 0.15) is 18.2 Å². The molecular formula is C17H15N3O2. The summed E-state index contributed by atoms with van der Waals surface area (Å²) in [5.74, 6) is 2.91. The smallest absolute Gasteiger partial charge is 0.230 e. The summed E-state index contributed by atoms with van der Waals surface area (Å²) < 4.78 is 11.0. The van der Waals surface area contributed by atoms with E-state index in [1.54, 1.807) is 6.20 Å². The Balaban J connectivity index is 1.54. The van der Waals surface area contributed by atoms with Crippen LogP contribution in [0.4, 0.5) is 0 Å². The molecule has 22 heavy (non-hydrogen) atoms. The van der Waals surface area contributed by atoms with Gasteiger partial charge in [0.25, 0.3) is 0 Å². The standard InChI is InChI=1S/C17H15N3O2/c1-2-4-11-10(3-1)5-7-18-15(11)16-19-17(22-20-16)14-12-6-8-21-9-13(12)14/h1-5,7,12-14H,6,8-9H2. The van der Waals surface area contributed by atoms with Crippen LogP contribution in [0.3, 0.4) is 0 Å². The summed E-state index contributed by atoms with van der Waals surface area (Å²) in [5.41, 5.74) is 0.785. The number of aromatic nitrogens is 3. The highest BCUT2D eigenvalue weighted by Crippen LogP contribution is 2.57. The maximum atomic E-state index is 5.53. The predicted octanol–water partition coefficient (Wildman–Crippen LogP) is 3.03. The number of pyridine rings is 1. The van der Waals surface area contributed by atoms with Crippen molar-refractivity contribution in [3.8, 4) is 11.5 Å². The first kappa shape index (κ1) is 12.3. The third-order valence-electron chi connectivity index (χ3n) is 4.85. The molecule has 1 saturated carbocycles. The third-order valence-corrected chi connectivity index (χ3v) is 4.85. The van der Waals surface area contributed by atoms with Crippen LogP contribution in [0.25, 0.3) is 22.3 Å².